The lowest BCUT2D eigenvalue weighted by atomic mass is 9.62. The molecule has 0 aliphatic heterocycles. The van der Waals surface area contributed by atoms with E-state index < -0.39 is 0 Å². The zero-order chi connectivity index (χ0) is 14.2. The normalized spacial score (nSPS) is 17.2. The first-order valence-corrected chi connectivity index (χ1v) is 8.40. The van der Waals surface area contributed by atoms with Crippen molar-refractivity contribution in [1.82, 2.24) is 0 Å². The first kappa shape index (κ1) is 18.0. The maximum atomic E-state index is 2.51. The highest BCUT2D eigenvalue weighted by Crippen LogP contribution is 2.46. The molecule has 0 bridgehead atoms. The van der Waals surface area contributed by atoms with Crippen molar-refractivity contribution >= 4 is 0 Å². The second kappa shape index (κ2) is 8.99. The molecule has 18 heavy (non-hydrogen) atoms. The first-order valence-electron chi connectivity index (χ1n) is 8.40. The Morgan fingerprint density at radius 2 is 1.44 bits per heavy atom. The molecule has 0 aromatic carbocycles. The van der Waals surface area contributed by atoms with Gasteiger partial charge < -0.3 is 0 Å². The fourth-order valence-corrected chi connectivity index (χ4v) is 3.61. The molecule has 0 amide bonds. The molecule has 0 aromatic heterocycles. The van der Waals surface area contributed by atoms with E-state index in [4.69, 9.17) is 0 Å². The minimum Gasteiger partial charge on any atom is -0.0654 e. The predicted octanol–water partition coefficient (Wildman–Crippen LogP) is 6.69. The molecule has 0 spiro atoms. The standard InChI is InChI=1S/C18H38/c1-8-10-11-14-18(9-2,16(5)6)17(7)13-12-15(3)4/h15-17H,8-14H2,1-7H3. The first-order chi connectivity index (χ1) is 8.40. The highest BCUT2D eigenvalue weighted by atomic mass is 14.4. The third-order valence-electron chi connectivity index (χ3n) is 5.21. The van der Waals surface area contributed by atoms with Crippen LogP contribution in [0.2, 0.25) is 0 Å². The van der Waals surface area contributed by atoms with Crippen molar-refractivity contribution in [3.8, 4) is 0 Å². The molecule has 0 radical (unpaired) electrons. The SMILES string of the molecule is CCCCCC(CC)(C(C)C)C(C)CCC(C)C. The Morgan fingerprint density at radius 3 is 1.83 bits per heavy atom. The minimum absolute atomic E-state index is 0.587. The van der Waals surface area contributed by atoms with Crippen LogP contribution in [0.4, 0.5) is 0 Å². The van der Waals surface area contributed by atoms with Gasteiger partial charge in [0.25, 0.3) is 0 Å². The van der Waals surface area contributed by atoms with Crippen molar-refractivity contribution in [2.24, 2.45) is 23.2 Å². The van der Waals surface area contributed by atoms with Gasteiger partial charge in [0.05, 0.1) is 0 Å². The summed E-state index contributed by atoms with van der Waals surface area (Å²) in [7, 11) is 0. The Kier molecular flexibility index (Phi) is 8.99. The third kappa shape index (κ3) is 5.33. The Balaban J connectivity index is 4.61. The molecule has 110 valence electrons. The molecule has 0 nitrogen and oxygen atoms in total. The molecule has 0 fully saturated rings. The summed E-state index contributed by atoms with van der Waals surface area (Å²) >= 11 is 0. The van der Waals surface area contributed by atoms with Crippen LogP contribution in [0.5, 0.6) is 0 Å². The number of unbranched alkanes of at least 4 members (excludes halogenated alkanes) is 2. The monoisotopic (exact) mass is 254 g/mol. The fraction of sp³-hybridized carbons (Fsp3) is 1.00. The van der Waals surface area contributed by atoms with Gasteiger partial charge in [-0.15, -0.1) is 0 Å². The highest BCUT2D eigenvalue weighted by molar-refractivity contribution is 4.86. The summed E-state index contributed by atoms with van der Waals surface area (Å²) in [4.78, 5) is 0. The van der Waals surface area contributed by atoms with Crippen molar-refractivity contribution in [2.75, 3.05) is 0 Å². The van der Waals surface area contributed by atoms with Gasteiger partial charge in [0.1, 0.15) is 0 Å². The number of rotatable bonds is 10. The van der Waals surface area contributed by atoms with Gasteiger partial charge in [0.15, 0.2) is 0 Å². The lowest BCUT2D eigenvalue weighted by Gasteiger charge is -2.43. The second-order valence-electron chi connectivity index (χ2n) is 7.07. The smallest absolute Gasteiger partial charge is 0.0251 e. The van der Waals surface area contributed by atoms with Crippen LogP contribution < -0.4 is 0 Å². The van der Waals surface area contributed by atoms with Gasteiger partial charge in [0.2, 0.25) is 0 Å². The average Bonchev–Trinajstić information content (AvgIpc) is 2.31. The molecule has 0 rings (SSSR count). The fourth-order valence-electron chi connectivity index (χ4n) is 3.61. The number of hydrogen-bond donors (Lipinski definition) is 0. The second-order valence-corrected chi connectivity index (χ2v) is 7.07. The molecule has 0 aromatic rings. The van der Waals surface area contributed by atoms with Gasteiger partial charge in [-0.1, -0.05) is 74.1 Å². The van der Waals surface area contributed by atoms with Gasteiger partial charge in [-0.2, -0.15) is 0 Å². The van der Waals surface area contributed by atoms with E-state index in [1.807, 2.05) is 0 Å². The minimum atomic E-state index is 0.587. The van der Waals surface area contributed by atoms with Crippen LogP contribution in [-0.2, 0) is 0 Å². The van der Waals surface area contributed by atoms with E-state index >= 15 is 0 Å². The van der Waals surface area contributed by atoms with Crippen LogP contribution in [0.3, 0.4) is 0 Å². The van der Waals surface area contributed by atoms with Gasteiger partial charge in [0, 0.05) is 0 Å². The van der Waals surface area contributed by atoms with E-state index in [2.05, 4.69) is 48.5 Å². The van der Waals surface area contributed by atoms with Crippen LogP contribution in [0.25, 0.3) is 0 Å². The predicted molar refractivity (Wildman–Crippen MR) is 84.9 cm³/mol. The maximum Gasteiger partial charge on any atom is -0.0251 e. The maximum absolute atomic E-state index is 2.51. The zero-order valence-corrected chi connectivity index (χ0v) is 14.2. The molecular formula is C18H38. The summed E-state index contributed by atoms with van der Waals surface area (Å²) in [5.74, 6) is 2.55. The van der Waals surface area contributed by atoms with Gasteiger partial charge in [-0.05, 0) is 42.4 Å². The highest BCUT2D eigenvalue weighted by Gasteiger charge is 2.36. The van der Waals surface area contributed by atoms with Crippen molar-refractivity contribution in [3.63, 3.8) is 0 Å². The van der Waals surface area contributed by atoms with Crippen LogP contribution in [0, 0.1) is 23.2 Å². The Bertz CT molecular complexity index is 192. The molecule has 0 aliphatic rings. The van der Waals surface area contributed by atoms with Crippen LogP contribution in [0.1, 0.15) is 93.4 Å². The van der Waals surface area contributed by atoms with Crippen molar-refractivity contribution in [1.29, 1.82) is 0 Å². The molecule has 0 aliphatic carbocycles. The van der Waals surface area contributed by atoms with E-state index in [1.165, 1.54) is 44.9 Å². The summed E-state index contributed by atoms with van der Waals surface area (Å²) in [5, 5.41) is 0. The van der Waals surface area contributed by atoms with Crippen molar-refractivity contribution in [2.45, 2.75) is 93.4 Å². The molecule has 0 saturated carbocycles. The van der Waals surface area contributed by atoms with E-state index in [9.17, 15) is 0 Å². The summed E-state index contributed by atoms with van der Waals surface area (Å²) in [6.07, 6.45) is 9.78. The molecular weight excluding hydrogens is 216 g/mol. The lowest BCUT2D eigenvalue weighted by molar-refractivity contribution is 0.0684. The quantitative estimate of drug-likeness (QED) is 0.381. The van der Waals surface area contributed by atoms with Gasteiger partial charge in [-0.25, -0.2) is 0 Å². The Labute approximate surface area is 117 Å². The molecule has 0 heteroatoms. The molecule has 2 atom stereocenters. The summed E-state index contributed by atoms with van der Waals surface area (Å²) in [6.45, 7) is 16.8. The van der Waals surface area contributed by atoms with E-state index in [0.717, 1.165) is 17.8 Å². The average molecular weight is 255 g/mol. The van der Waals surface area contributed by atoms with E-state index in [-0.39, 0.29) is 0 Å². The van der Waals surface area contributed by atoms with Crippen molar-refractivity contribution in [3.05, 3.63) is 0 Å². The lowest BCUT2D eigenvalue weighted by Crippen LogP contribution is -2.34. The Morgan fingerprint density at radius 1 is 0.833 bits per heavy atom. The summed E-state index contributed by atoms with van der Waals surface area (Å²) in [5.41, 5.74) is 0.587. The molecule has 0 saturated heterocycles. The molecule has 0 N–H and O–H groups in total. The molecule has 2 unspecified atom stereocenters. The number of hydrogen-bond acceptors (Lipinski definition) is 0. The van der Waals surface area contributed by atoms with Crippen LogP contribution in [0.15, 0.2) is 0 Å². The summed E-state index contributed by atoms with van der Waals surface area (Å²) in [6, 6.07) is 0. The van der Waals surface area contributed by atoms with Crippen LogP contribution in [-0.4, -0.2) is 0 Å². The largest absolute Gasteiger partial charge is 0.0654 e. The summed E-state index contributed by atoms with van der Waals surface area (Å²) < 4.78 is 0. The van der Waals surface area contributed by atoms with Gasteiger partial charge in [-0.3, -0.25) is 0 Å². The zero-order valence-electron chi connectivity index (χ0n) is 14.2. The topological polar surface area (TPSA) is 0 Å². The van der Waals surface area contributed by atoms with Gasteiger partial charge >= 0.3 is 0 Å². The van der Waals surface area contributed by atoms with Crippen molar-refractivity contribution < 1.29 is 0 Å². The Hall–Kier alpha value is 0. The van der Waals surface area contributed by atoms with E-state index in [1.54, 1.807) is 0 Å². The van der Waals surface area contributed by atoms with Crippen LogP contribution >= 0.6 is 0 Å². The third-order valence-corrected chi connectivity index (χ3v) is 5.21. The van der Waals surface area contributed by atoms with E-state index in [0.29, 0.717) is 5.41 Å². The molecule has 0 heterocycles.